The molecule has 0 bridgehead atoms. The third kappa shape index (κ3) is 5.01. The molecular weight excluding hydrogens is 148 g/mol. The number of nitrogens with zero attached hydrogens (tertiary/aromatic N) is 1. The Morgan fingerprint density at radius 1 is 1.73 bits per heavy atom. The quantitative estimate of drug-likeness (QED) is 0.208. The zero-order valence-electron chi connectivity index (χ0n) is 6.33. The van der Waals surface area contributed by atoms with E-state index in [1.165, 1.54) is 0 Å². The van der Waals surface area contributed by atoms with Gasteiger partial charge in [-0.2, -0.15) is 5.48 Å². The van der Waals surface area contributed by atoms with Crippen molar-refractivity contribution in [1.82, 2.24) is 5.48 Å². The van der Waals surface area contributed by atoms with Gasteiger partial charge in [0.05, 0.1) is 0 Å². The fourth-order valence-electron chi connectivity index (χ4n) is 0.391. The van der Waals surface area contributed by atoms with Crippen LogP contribution in [0.3, 0.4) is 0 Å². The minimum absolute atomic E-state index is 0.130. The summed E-state index contributed by atoms with van der Waals surface area (Å²) in [4.78, 5) is 15.0. The first-order chi connectivity index (χ1) is 5.20. The van der Waals surface area contributed by atoms with Gasteiger partial charge in [0.2, 0.25) is 5.96 Å². The van der Waals surface area contributed by atoms with Crippen molar-refractivity contribution < 1.29 is 9.63 Å². The molecule has 6 nitrogen and oxygen atoms in total. The van der Waals surface area contributed by atoms with Gasteiger partial charge in [-0.15, -0.1) is 5.10 Å². The highest BCUT2D eigenvalue weighted by Gasteiger charge is 2.00. The van der Waals surface area contributed by atoms with Gasteiger partial charge in [0, 0.05) is 6.42 Å². The average Bonchev–Trinajstić information content (AvgIpc) is 2.01. The number of hydrazone groups is 1. The van der Waals surface area contributed by atoms with E-state index in [2.05, 4.69) is 15.4 Å². The Labute approximate surface area is 64.5 Å². The van der Waals surface area contributed by atoms with E-state index in [4.69, 9.17) is 11.6 Å². The first-order valence-corrected chi connectivity index (χ1v) is 3.19. The molecule has 0 spiro atoms. The monoisotopic (exact) mass is 160 g/mol. The highest BCUT2D eigenvalue weighted by atomic mass is 16.7. The van der Waals surface area contributed by atoms with Crippen LogP contribution in [0.5, 0.6) is 0 Å². The van der Waals surface area contributed by atoms with Crippen LogP contribution >= 0.6 is 0 Å². The Kier molecular flexibility index (Phi) is 4.63. The van der Waals surface area contributed by atoms with Crippen molar-refractivity contribution in [3.8, 4) is 0 Å². The van der Waals surface area contributed by atoms with E-state index in [0.29, 0.717) is 6.42 Å². The number of nitrogens with two attached hydrogens (primary N) is 2. The Morgan fingerprint density at radius 3 is 2.82 bits per heavy atom. The smallest absolute Gasteiger partial charge is 0.332 e. The van der Waals surface area contributed by atoms with E-state index in [1.54, 1.807) is 0 Å². The number of guanidine groups is 1. The maximum absolute atomic E-state index is 10.6. The van der Waals surface area contributed by atoms with Crippen molar-refractivity contribution in [2.24, 2.45) is 16.7 Å². The van der Waals surface area contributed by atoms with Crippen molar-refractivity contribution in [3.63, 3.8) is 0 Å². The minimum Gasteiger partial charge on any atom is -0.366 e. The summed E-state index contributed by atoms with van der Waals surface area (Å²) in [6.07, 6.45) is 1.06. The maximum atomic E-state index is 10.6. The van der Waals surface area contributed by atoms with Crippen molar-refractivity contribution in [1.29, 1.82) is 0 Å². The Balaban J connectivity index is 3.46. The van der Waals surface area contributed by atoms with Crippen LogP contribution in [0, 0.1) is 0 Å². The van der Waals surface area contributed by atoms with Crippen LogP contribution in [0.15, 0.2) is 5.10 Å². The van der Waals surface area contributed by atoms with E-state index in [9.17, 15) is 4.79 Å². The summed E-state index contributed by atoms with van der Waals surface area (Å²) in [7, 11) is 0. The molecule has 0 rings (SSSR count). The lowest BCUT2D eigenvalue weighted by Crippen LogP contribution is -2.34. The number of hydroxylamine groups is 1. The maximum Gasteiger partial charge on any atom is 0.332 e. The third-order valence-electron chi connectivity index (χ3n) is 0.863. The fourth-order valence-corrected chi connectivity index (χ4v) is 0.391. The average molecular weight is 160 g/mol. The van der Waals surface area contributed by atoms with Crippen molar-refractivity contribution in [3.05, 3.63) is 0 Å². The molecule has 0 aliphatic carbocycles. The molecule has 0 saturated carbocycles. The number of carbonyl (C=O) groups excluding carboxylic acids is 1. The first-order valence-electron chi connectivity index (χ1n) is 3.19. The van der Waals surface area contributed by atoms with Gasteiger partial charge in [-0.1, -0.05) is 6.92 Å². The number of nitrogens with one attached hydrogen (secondary N) is 1. The zero-order chi connectivity index (χ0) is 8.69. The molecule has 0 heterocycles. The highest BCUT2D eigenvalue weighted by Crippen LogP contribution is 1.87. The molecule has 5 N–H and O–H groups in total. The van der Waals surface area contributed by atoms with Gasteiger partial charge in [-0.25, -0.2) is 4.79 Å². The highest BCUT2D eigenvalue weighted by molar-refractivity contribution is 5.78. The van der Waals surface area contributed by atoms with Gasteiger partial charge in [0.1, 0.15) is 0 Å². The van der Waals surface area contributed by atoms with Crippen LogP contribution in [0.1, 0.15) is 19.8 Å². The minimum atomic E-state index is -0.390. The second-order valence-corrected chi connectivity index (χ2v) is 1.84. The molecule has 0 aliphatic rings. The van der Waals surface area contributed by atoms with Gasteiger partial charge in [0.15, 0.2) is 0 Å². The van der Waals surface area contributed by atoms with Gasteiger partial charge in [0.25, 0.3) is 0 Å². The summed E-state index contributed by atoms with van der Waals surface area (Å²) in [5.74, 6) is 4.22. The van der Waals surface area contributed by atoms with Crippen molar-refractivity contribution in [2.75, 3.05) is 0 Å². The predicted octanol–water partition coefficient (Wildman–Crippen LogP) is -0.977. The van der Waals surface area contributed by atoms with Gasteiger partial charge in [-0.05, 0) is 6.42 Å². The van der Waals surface area contributed by atoms with E-state index in [1.807, 2.05) is 6.92 Å². The molecule has 0 aliphatic heterocycles. The number of hydrogen-bond donors (Lipinski definition) is 3. The molecule has 0 aromatic carbocycles. The fraction of sp³-hybridized carbons (Fsp3) is 0.600. The van der Waals surface area contributed by atoms with Crippen LogP contribution < -0.4 is 17.1 Å². The molecule has 64 valence electrons. The van der Waals surface area contributed by atoms with Crippen molar-refractivity contribution >= 4 is 11.9 Å². The van der Waals surface area contributed by atoms with E-state index in [-0.39, 0.29) is 11.9 Å². The molecular formula is C5H12N4O2. The largest absolute Gasteiger partial charge is 0.366 e. The summed E-state index contributed by atoms with van der Waals surface area (Å²) in [5, 5.41) is 3.03. The standard InChI is InChI=1S/C5H12N4O2/c1-2-3-4(10)11-9-5(6)8-7/h2-3,7H2,1H3,(H3,6,8,9). The van der Waals surface area contributed by atoms with Gasteiger partial charge < -0.3 is 16.4 Å². The lowest BCUT2D eigenvalue weighted by Gasteiger charge is -2.02. The normalized spacial score (nSPS) is 10.8. The Morgan fingerprint density at radius 2 is 2.36 bits per heavy atom. The topological polar surface area (TPSA) is 103 Å². The second-order valence-electron chi connectivity index (χ2n) is 1.84. The first kappa shape index (κ1) is 9.54. The molecule has 11 heavy (non-hydrogen) atoms. The summed E-state index contributed by atoms with van der Waals surface area (Å²) >= 11 is 0. The van der Waals surface area contributed by atoms with Crippen LogP contribution in [-0.2, 0) is 9.63 Å². The summed E-state index contributed by atoms with van der Waals surface area (Å²) in [5.41, 5.74) is 7.12. The van der Waals surface area contributed by atoms with Gasteiger partial charge >= 0.3 is 5.97 Å². The molecule has 0 unspecified atom stereocenters. The summed E-state index contributed by atoms with van der Waals surface area (Å²) < 4.78 is 0. The zero-order valence-corrected chi connectivity index (χ0v) is 6.33. The van der Waals surface area contributed by atoms with Crippen LogP contribution in [0.25, 0.3) is 0 Å². The van der Waals surface area contributed by atoms with E-state index in [0.717, 1.165) is 6.42 Å². The second kappa shape index (κ2) is 5.33. The van der Waals surface area contributed by atoms with Crippen LogP contribution in [0.4, 0.5) is 0 Å². The van der Waals surface area contributed by atoms with Crippen LogP contribution in [-0.4, -0.2) is 11.9 Å². The van der Waals surface area contributed by atoms with E-state index < -0.39 is 0 Å². The van der Waals surface area contributed by atoms with Crippen molar-refractivity contribution in [2.45, 2.75) is 19.8 Å². The molecule has 0 amide bonds. The van der Waals surface area contributed by atoms with E-state index >= 15 is 0 Å². The lowest BCUT2D eigenvalue weighted by molar-refractivity contribution is -0.147. The molecule has 6 heteroatoms. The van der Waals surface area contributed by atoms with Crippen LogP contribution in [0.2, 0.25) is 0 Å². The Hall–Kier alpha value is -1.46. The summed E-state index contributed by atoms with van der Waals surface area (Å²) in [6.45, 7) is 1.86. The number of carbonyl (C=O) groups is 1. The molecule has 0 fully saturated rings. The Bertz CT molecular complexity index is 157. The van der Waals surface area contributed by atoms with Gasteiger partial charge in [-0.3, -0.25) is 0 Å². The molecule has 0 saturated heterocycles. The summed E-state index contributed by atoms with van der Waals surface area (Å²) in [6, 6.07) is 0. The number of hydrogen-bond acceptors (Lipinski definition) is 4. The number of rotatable bonds is 2. The SMILES string of the molecule is CCCC(=O)ONC(N)=NN. The lowest BCUT2D eigenvalue weighted by atomic mass is 10.3. The molecule has 0 atom stereocenters. The molecule has 0 radical (unpaired) electrons. The molecule has 0 aromatic heterocycles. The predicted molar refractivity (Wildman–Crippen MR) is 39.9 cm³/mol. The third-order valence-corrected chi connectivity index (χ3v) is 0.863. The molecule has 0 aromatic rings.